The van der Waals surface area contributed by atoms with Crippen molar-refractivity contribution in [1.82, 2.24) is 19.1 Å². The zero-order valence-electron chi connectivity index (χ0n) is 16.9. The fraction of sp³-hybridized carbons (Fsp3) is 0.318. The van der Waals surface area contributed by atoms with Crippen LogP contribution in [0, 0.1) is 0 Å². The van der Waals surface area contributed by atoms with Gasteiger partial charge in [0.05, 0.1) is 10.2 Å². The van der Waals surface area contributed by atoms with Crippen molar-refractivity contribution in [3.05, 3.63) is 69.1 Å². The summed E-state index contributed by atoms with van der Waals surface area (Å²) in [4.78, 5) is 28.7. The molecule has 150 valence electrons. The second kappa shape index (κ2) is 7.83. The molecule has 0 N–H and O–H groups in total. The smallest absolute Gasteiger partial charge is 0.291 e. The molecule has 0 aliphatic rings. The molecule has 1 amide bonds. The Morgan fingerprint density at radius 3 is 2.55 bits per heavy atom. The lowest BCUT2D eigenvalue weighted by Gasteiger charge is -2.18. The SMILES string of the molecule is CCc1cc2c(cc3c(=O)n(CC(=O)N(C)Cc4ccccc4)nc(CC)n32)s1. The summed E-state index contributed by atoms with van der Waals surface area (Å²) < 4.78 is 4.34. The van der Waals surface area contributed by atoms with Crippen LogP contribution in [0.15, 0.2) is 47.3 Å². The molecule has 0 bridgehead atoms. The van der Waals surface area contributed by atoms with Crippen molar-refractivity contribution in [3.8, 4) is 0 Å². The second-order valence-corrected chi connectivity index (χ2v) is 8.32. The van der Waals surface area contributed by atoms with Crippen LogP contribution in [0.1, 0.15) is 30.1 Å². The molecule has 0 spiro atoms. The Morgan fingerprint density at radius 2 is 1.86 bits per heavy atom. The van der Waals surface area contributed by atoms with E-state index in [9.17, 15) is 9.59 Å². The van der Waals surface area contributed by atoms with E-state index in [-0.39, 0.29) is 18.0 Å². The Labute approximate surface area is 173 Å². The van der Waals surface area contributed by atoms with E-state index in [2.05, 4.69) is 18.1 Å². The van der Waals surface area contributed by atoms with E-state index in [1.54, 1.807) is 23.3 Å². The first kappa shape index (κ1) is 19.4. The van der Waals surface area contributed by atoms with Gasteiger partial charge in [-0.3, -0.25) is 14.0 Å². The number of amides is 1. The minimum absolute atomic E-state index is 0.0648. The molecule has 0 saturated carbocycles. The summed E-state index contributed by atoms with van der Waals surface area (Å²) in [6.45, 7) is 4.57. The molecule has 0 aliphatic carbocycles. The number of carbonyl (C=O) groups is 1. The van der Waals surface area contributed by atoms with Gasteiger partial charge in [0.25, 0.3) is 5.56 Å². The van der Waals surface area contributed by atoms with Gasteiger partial charge in [-0.05, 0) is 24.1 Å². The third kappa shape index (κ3) is 3.58. The van der Waals surface area contributed by atoms with E-state index >= 15 is 0 Å². The number of aromatic nitrogens is 3. The van der Waals surface area contributed by atoms with Crippen molar-refractivity contribution in [2.24, 2.45) is 0 Å². The number of hydrogen-bond acceptors (Lipinski definition) is 4. The Kier molecular flexibility index (Phi) is 5.24. The molecule has 3 heterocycles. The molecular formula is C22H24N4O2S. The van der Waals surface area contributed by atoms with E-state index in [0.29, 0.717) is 18.5 Å². The normalized spacial score (nSPS) is 11.4. The monoisotopic (exact) mass is 408 g/mol. The van der Waals surface area contributed by atoms with Crippen molar-refractivity contribution in [2.45, 2.75) is 39.8 Å². The quantitative estimate of drug-likeness (QED) is 0.491. The highest BCUT2D eigenvalue weighted by Gasteiger charge is 2.18. The van der Waals surface area contributed by atoms with Crippen LogP contribution in [0.3, 0.4) is 0 Å². The van der Waals surface area contributed by atoms with Gasteiger partial charge in [0.15, 0.2) is 0 Å². The highest BCUT2D eigenvalue weighted by molar-refractivity contribution is 7.19. The minimum Gasteiger partial charge on any atom is -0.340 e. The largest absolute Gasteiger partial charge is 0.340 e. The van der Waals surface area contributed by atoms with Gasteiger partial charge in [-0.1, -0.05) is 44.2 Å². The van der Waals surface area contributed by atoms with Gasteiger partial charge >= 0.3 is 0 Å². The summed E-state index contributed by atoms with van der Waals surface area (Å²) >= 11 is 1.70. The average Bonchev–Trinajstić information content (AvgIpc) is 3.29. The zero-order chi connectivity index (χ0) is 20.5. The van der Waals surface area contributed by atoms with Crippen LogP contribution in [0.4, 0.5) is 0 Å². The molecule has 4 rings (SSSR count). The van der Waals surface area contributed by atoms with Crippen LogP contribution in [-0.4, -0.2) is 32.0 Å². The molecule has 6 nitrogen and oxygen atoms in total. The third-order valence-corrected chi connectivity index (χ3v) is 6.34. The topological polar surface area (TPSA) is 59.6 Å². The molecule has 3 aromatic heterocycles. The number of aryl methyl sites for hydroxylation is 2. The summed E-state index contributed by atoms with van der Waals surface area (Å²) in [5.41, 5.74) is 2.43. The molecule has 7 heteroatoms. The molecule has 0 aliphatic heterocycles. The van der Waals surface area contributed by atoms with Crippen LogP contribution < -0.4 is 5.56 Å². The number of hydrogen-bond donors (Lipinski definition) is 0. The average molecular weight is 409 g/mol. The van der Waals surface area contributed by atoms with Gasteiger partial charge in [0.2, 0.25) is 5.91 Å². The van der Waals surface area contributed by atoms with Gasteiger partial charge in [-0.25, -0.2) is 4.68 Å². The van der Waals surface area contributed by atoms with Crippen molar-refractivity contribution in [3.63, 3.8) is 0 Å². The van der Waals surface area contributed by atoms with Crippen LogP contribution in [0.25, 0.3) is 15.7 Å². The van der Waals surface area contributed by atoms with Crippen LogP contribution in [0.2, 0.25) is 0 Å². The maximum Gasteiger partial charge on any atom is 0.291 e. The lowest BCUT2D eigenvalue weighted by atomic mass is 10.2. The molecular weight excluding hydrogens is 384 g/mol. The Hall–Kier alpha value is -2.93. The Bertz CT molecular complexity index is 1240. The van der Waals surface area contributed by atoms with Gasteiger partial charge in [0.1, 0.15) is 17.9 Å². The predicted molar refractivity (Wildman–Crippen MR) is 117 cm³/mol. The first-order valence-corrected chi connectivity index (χ1v) is 10.6. The molecule has 4 aromatic rings. The summed E-state index contributed by atoms with van der Waals surface area (Å²) in [7, 11) is 1.75. The van der Waals surface area contributed by atoms with Crippen LogP contribution >= 0.6 is 11.3 Å². The number of carbonyl (C=O) groups excluding carboxylic acids is 1. The molecule has 1 aromatic carbocycles. The van der Waals surface area contributed by atoms with Crippen molar-refractivity contribution >= 4 is 33.0 Å². The van der Waals surface area contributed by atoms with E-state index in [0.717, 1.165) is 28.0 Å². The number of benzene rings is 1. The van der Waals surface area contributed by atoms with Crippen LogP contribution in [-0.2, 0) is 30.7 Å². The molecule has 0 saturated heterocycles. The minimum atomic E-state index is -0.231. The predicted octanol–water partition coefficient (Wildman–Crippen LogP) is 3.49. The molecule has 29 heavy (non-hydrogen) atoms. The third-order valence-electron chi connectivity index (χ3n) is 5.13. The fourth-order valence-electron chi connectivity index (χ4n) is 3.54. The van der Waals surface area contributed by atoms with Gasteiger partial charge in [-0.2, -0.15) is 5.10 Å². The lowest BCUT2D eigenvalue weighted by molar-refractivity contribution is -0.131. The van der Waals surface area contributed by atoms with Gasteiger partial charge in [0, 0.05) is 24.9 Å². The van der Waals surface area contributed by atoms with E-state index in [1.165, 1.54) is 9.56 Å². The highest BCUT2D eigenvalue weighted by Crippen LogP contribution is 2.29. The number of nitrogens with zero attached hydrogens (tertiary/aromatic N) is 4. The molecule has 0 unspecified atom stereocenters. The number of likely N-dealkylation sites (N-methyl/N-ethyl adjacent to an activating group) is 1. The zero-order valence-corrected chi connectivity index (χ0v) is 17.7. The molecule has 0 fully saturated rings. The summed E-state index contributed by atoms with van der Waals surface area (Å²) in [5.74, 6) is 0.644. The highest BCUT2D eigenvalue weighted by atomic mass is 32.1. The number of fused-ring (bicyclic) bond motifs is 3. The summed E-state index contributed by atoms with van der Waals surface area (Å²) in [6.07, 6.45) is 1.64. The first-order valence-electron chi connectivity index (χ1n) is 9.83. The first-order chi connectivity index (χ1) is 14.0. The maximum absolute atomic E-state index is 13.0. The van der Waals surface area contributed by atoms with Crippen LogP contribution in [0.5, 0.6) is 0 Å². The molecule has 0 atom stereocenters. The second-order valence-electron chi connectivity index (χ2n) is 7.15. The summed E-state index contributed by atoms with van der Waals surface area (Å²) in [6, 6.07) is 13.9. The maximum atomic E-state index is 13.0. The fourth-order valence-corrected chi connectivity index (χ4v) is 4.57. The lowest BCUT2D eigenvalue weighted by Crippen LogP contribution is -2.36. The van der Waals surface area contributed by atoms with Gasteiger partial charge in [-0.15, -0.1) is 11.3 Å². The Balaban J connectivity index is 1.68. The molecule has 0 radical (unpaired) electrons. The summed E-state index contributed by atoms with van der Waals surface area (Å²) in [5, 5.41) is 4.53. The Morgan fingerprint density at radius 1 is 1.10 bits per heavy atom. The van der Waals surface area contributed by atoms with E-state index in [4.69, 9.17) is 0 Å². The van der Waals surface area contributed by atoms with Crippen molar-refractivity contribution < 1.29 is 4.79 Å². The van der Waals surface area contributed by atoms with Crippen molar-refractivity contribution in [2.75, 3.05) is 7.05 Å². The van der Waals surface area contributed by atoms with E-state index < -0.39 is 0 Å². The number of thiophene rings is 1. The number of rotatable bonds is 6. The standard InChI is InChI=1S/C22H24N4O2S/c1-4-16-11-17-19(29-16)12-18-22(28)25(23-20(5-2)26(17)18)14-21(27)24(3)13-15-9-7-6-8-10-15/h6-12H,4-5,13-14H2,1-3H3. The van der Waals surface area contributed by atoms with E-state index in [1.807, 2.05) is 47.7 Å². The van der Waals surface area contributed by atoms with Crippen molar-refractivity contribution in [1.29, 1.82) is 0 Å². The van der Waals surface area contributed by atoms with Gasteiger partial charge < -0.3 is 4.90 Å².